The highest BCUT2D eigenvalue weighted by Crippen LogP contribution is 2.25. The molecule has 2 N–H and O–H groups in total. The van der Waals surface area contributed by atoms with E-state index >= 15 is 0 Å². The van der Waals surface area contributed by atoms with Gasteiger partial charge in [-0.25, -0.2) is 0 Å². The molecule has 0 saturated carbocycles. The molecular weight excluding hydrogens is 244 g/mol. The molecule has 0 spiro atoms. The van der Waals surface area contributed by atoms with E-state index in [0.717, 1.165) is 16.5 Å². The van der Waals surface area contributed by atoms with Crippen LogP contribution in [0.5, 0.6) is 5.75 Å². The predicted octanol–water partition coefficient (Wildman–Crippen LogP) is 2.44. The fourth-order valence-corrected chi connectivity index (χ4v) is 1.93. The fraction of sp³-hybridized carbons (Fsp3) is 0.267. The molecule has 0 bridgehead atoms. The van der Waals surface area contributed by atoms with Gasteiger partial charge in [-0.1, -0.05) is 36.4 Å². The van der Waals surface area contributed by atoms with Crippen molar-refractivity contribution in [1.29, 1.82) is 0 Å². The first-order valence-electron chi connectivity index (χ1n) is 6.17. The number of hydrogen-bond donors (Lipinski definition) is 2. The Morgan fingerprint density at radius 2 is 1.89 bits per heavy atom. The summed E-state index contributed by atoms with van der Waals surface area (Å²) >= 11 is 0. The van der Waals surface area contributed by atoms with Crippen LogP contribution >= 0.6 is 0 Å². The summed E-state index contributed by atoms with van der Waals surface area (Å²) < 4.78 is 5.62. The normalized spacial score (nSPS) is 12.3. The first-order valence-corrected chi connectivity index (χ1v) is 6.17. The van der Waals surface area contributed by atoms with Crippen LogP contribution in [-0.2, 0) is 4.79 Å². The van der Waals surface area contributed by atoms with E-state index in [1.165, 1.54) is 0 Å². The summed E-state index contributed by atoms with van der Waals surface area (Å²) in [7, 11) is 0. The number of benzene rings is 2. The number of rotatable bonds is 6. The lowest BCUT2D eigenvalue weighted by atomic mass is 10.1. The molecule has 0 radical (unpaired) electrons. The lowest BCUT2D eigenvalue weighted by molar-refractivity contribution is -0.139. The molecule has 1 atom stereocenters. The molecule has 0 aromatic heterocycles. The Bertz CT molecular complexity index is 560. The number of aliphatic hydroxyl groups is 1. The van der Waals surface area contributed by atoms with Gasteiger partial charge in [-0.15, -0.1) is 0 Å². The summed E-state index contributed by atoms with van der Waals surface area (Å²) in [5.74, 6) is -0.252. The average Bonchev–Trinajstić information content (AvgIpc) is 2.38. The van der Waals surface area contributed by atoms with Crippen molar-refractivity contribution in [3.05, 3.63) is 42.5 Å². The molecule has 0 aliphatic heterocycles. The van der Waals surface area contributed by atoms with E-state index in [9.17, 15) is 9.90 Å². The quantitative estimate of drug-likeness (QED) is 0.837. The summed E-state index contributed by atoms with van der Waals surface area (Å²) in [6, 6.07) is 13.6. The maximum atomic E-state index is 10.4. The zero-order chi connectivity index (χ0) is 13.7. The monoisotopic (exact) mass is 260 g/mol. The Balaban J connectivity index is 1.97. The van der Waals surface area contributed by atoms with Crippen LogP contribution in [0.15, 0.2) is 42.5 Å². The van der Waals surface area contributed by atoms with Gasteiger partial charge in [0.25, 0.3) is 0 Å². The minimum atomic E-state index is -1.00. The van der Waals surface area contributed by atoms with Gasteiger partial charge in [0.05, 0.1) is 19.1 Å². The van der Waals surface area contributed by atoms with Gasteiger partial charge in [0.2, 0.25) is 0 Å². The molecule has 0 aliphatic carbocycles. The summed E-state index contributed by atoms with van der Waals surface area (Å²) in [6.07, 6.45) is -0.818. The van der Waals surface area contributed by atoms with Gasteiger partial charge in [0.1, 0.15) is 5.75 Å². The first-order chi connectivity index (χ1) is 9.16. The number of carbonyl (C=O) groups is 1. The Kier molecular flexibility index (Phi) is 4.36. The van der Waals surface area contributed by atoms with E-state index in [1.807, 2.05) is 42.5 Å². The first kappa shape index (κ1) is 13.4. The van der Waals surface area contributed by atoms with Crippen molar-refractivity contribution in [1.82, 2.24) is 0 Å². The lowest BCUT2D eigenvalue weighted by Gasteiger charge is -2.11. The molecule has 4 nitrogen and oxygen atoms in total. The van der Waals surface area contributed by atoms with E-state index in [0.29, 0.717) is 13.0 Å². The number of ether oxygens (including phenoxy) is 1. The molecule has 4 heteroatoms. The number of carboxylic acid groups (broad SMARTS) is 1. The van der Waals surface area contributed by atoms with Crippen molar-refractivity contribution in [3.63, 3.8) is 0 Å². The van der Waals surface area contributed by atoms with Crippen LogP contribution < -0.4 is 4.74 Å². The Morgan fingerprint density at radius 1 is 1.16 bits per heavy atom. The summed E-state index contributed by atoms with van der Waals surface area (Å²) in [6.45, 7) is 0.294. The van der Waals surface area contributed by atoms with Crippen LogP contribution in [-0.4, -0.2) is 28.9 Å². The zero-order valence-corrected chi connectivity index (χ0v) is 10.5. The molecule has 2 aromatic carbocycles. The molecule has 2 aromatic rings. The van der Waals surface area contributed by atoms with Crippen LogP contribution in [0.4, 0.5) is 0 Å². The van der Waals surface area contributed by atoms with Gasteiger partial charge in [-0.2, -0.15) is 0 Å². The second-order valence-electron chi connectivity index (χ2n) is 4.37. The molecule has 2 rings (SSSR count). The minimum absolute atomic E-state index is 0.251. The number of fused-ring (bicyclic) bond motifs is 1. The number of hydrogen-bond acceptors (Lipinski definition) is 3. The van der Waals surface area contributed by atoms with Crippen molar-refractivity contribution in [3.8, 4) is 5.75 Å². The average molecular weight is 260 g/mol. The van der Waals surface area contributed by atoms with Gasteiger partial charge in [-0.05, 0) is 11.5 Å². The Morgan fingerprint density at radius 3 is 2.68 bits per heavy atom. The van der Waals surface area contributed by atoms with Gasteiger partial charge in [-0.3, -0.25) is 4.79 Å². The molecule has 0 fully saturated rings. The van der Waals surface area contributed by atoms with Gasteiger partial charge in [0.15, 0.2) is 0 Å². The lowest BCUT2D eigenvalue weighted by Crippen LogP contribution is -2.16. The number of carboxylic acids is 1. The van der Waals surface area contributed by atoms with Gasteiger partial charge >= 0.3 is 5.97 Å². The Labute approximate surface area is 111 Å². The third-order valence-corrected chi connectivity index (χ3v) is 2.87. The van der Waals surface area contributed by atoms with Crippen LogP contribution in [0.25, 0.3) is 10.8 Å². The van der Waals surface area contributed by atoms with Crippen LogP contribution in [0.1, 0.15) is 12.8 Å². The molecular formula is C15H16O4. The van der Waals surface area contributed by atoms with Crippen molar-refractivity contribution < 1.29 is 19.7 Å². The van der Waals surface area contributed by atoms with Crippen molar-refractivity contribution in [2.24, 2.45) is 0 Å². The number of aliphatic carboxylic acids is 1. The minimum Gasteiger partial charge on any atom is -0.493 e. The fourth-order valence-electron chi connectivity index (χ4n) is 1.93. The smallest absolute Gasteiger partial charge is 0.305 e. The van der Waals surface area contributed by atoms with E-state index in [1.54, 1.807) is 0 Å². The maximum absolute atomic E-state index is 10.4. The molecule has 100 valence electrons. The third-order valence-electron chi connectivity index (χ3n) is 2.87. The van der Waals surface area contributed by atoms with E-state index in [2.05, 4.69) is 0 Å². The van der Waals surface area contributed by atoms with Gasteiger partial charge < -0.3 is 14.9 Å². The maximum Gasteiger partial charge on any atom is 0.305 e. The zero-order valence-electron chi connectivity index (χ0n) is 10.5. The highest BCUT2D eigenvalue weighted by Gasteiger charge is 2.09. The summed E-state index contributed by atoms with van der Waals surface area (Å²) in [5.41, 5.74) is 0. The van der Waals surface area contributed by atoms with Crippen LogP contribution in [0, 0.1) is 0 Å². The van der Waals surface area contributed by atoms with Crippen LogP contribution in [0.3, 0.4) is 0 Å². The number of aliphatic hydroxyl groups excluding tert-OH is 1. The second-order valence-corrected chi connectivity index (χ2v) is 4.37. The van der Waals surface area contributed by atoms with Crippen molar-refractivity contribution >= 4 is 16.7 Å². The van der Waals surface area contributed by atoms with Crippen molar-refractivity contribution in [2.45, 2.75) is 18.9 Å². The summed E-state index contributed by atoms with van der Waals surface area (Å²) in [5, 5.41) is 20.1. The SMILES string of the molecule is O=C(O)CC(O)CCOc1cccc2ccccc12. The van der Waals surface area contributed by atoms with Crippen molar-refractivity contribution in [2.75, 3.05) is 6.61 Å². The predicted molar refractivity (Wildman–Crippen MR) is 72.3 cm³/mol. The molecule has 0 heterocycles. The third kappa shape index (κ3) is 3.69. The Hall–Kier alpha value is -2.07. The van der Waals surface area contributed by atoms with Gasteiger partial charge in [0, 0.05) is 11.8 Å². The van der Waals surface area contributed by atoms with E-state index in [-0.39, 0.29) is 6.42 Å². The van der Waals surface area contributed by atoms with Crippen LogP contribution in [0.2, 0.25) is 0 Å². The largest absolute Gasteiger partial charge is 0.493 e. The van der Waals surface area contributed by atoms with E-state index in [4.69, 9.17) is 9.84 Å². The summed E-state index contributed by atoms with van der Waals surface area (Å²) in [4.78, 5) is 10.4. The molecule has 1 unspecified atom stereocenters. The topological polar surface area (TPSA) is 66.8 Å². The molecule has 0 amide bonds. The highest BCUT2D eigenvalue weighted by molar-refractivity contribution is 5.88. The molecule has 0 saturated heterocycles. The molecule has 19 heavy (non-hydrogen) atoms. The van der Waals surface area contributed by atoms with E-state index < -0.39 is 12.1 Å². The molecule has 0 aliphatic rings. The standard InChI is InChI=1S/C15H16O4/c16-12(10-15(17)18)8-9-19-14-7-3-5-11-4-1-2-6-13(11)14/h1-7,12,16H,8-10H2,(H,17,18). The second kappa shape index (κ2) is 6.20. The highest BCUT2D eigenvalue weighted by atomic mass is 16.5.